The number of hydrogen-bond donors (Lipinski definition) is 1. The summed E-state index contributed by atoms with van der Waals surface area (Å²) in [7, 11) is 1.41. The van der Waals surface area contributed by atoms with E-state index in [0.717, 1.165) is 36.0 Å². The molecule has 0 aliphatic carbocycles. The summed E-state index contributed by atoms with van der Waals surface area (Å²) in [6, 6.07) is 18.6. The van der Waals surface area contributed by atoms with Crippen LogP contribution in [0.15, 0.2) is 54.6 Å². The normalized spacial score (nSPS) is 18.9. The van der Waals surface area contributed by atoms with Crippen molar-refractivity contribution in [3.8, 4) is 11.1 Å². The maximum atomic E-state index is 12.4. The molecule has 6 heteroatoms. The predicted octanol–water partition coefficient (Wildman–Crippen LogP) is 4.23. The summed E-state index contributed by atoms with van der Waals surface area (Å²) < 4.78 is 9.97. The minimum Gasteiger partial charge on any atom is -0.453 e. The molecule has 0 radical (unpaired) electrons. The van der Waals surface area contributed by atoms with Gasteiger partial charge in [-0.05, 0) is 48.3 Å². The van der Waals surface area contributed by atoms with E-state index in [9.17, 15) is 9.59 Å². The second kappa shape index (κ2) is 9.96. The molecular weight excluding hydrogens is 368 g/mol. The van der Waals surface area contributed by atoms with Crippen LogP contribution in [0.3, 0.4) is 0 Å². The maximum Gasteiger partial charge on any atom is 0.409 e. The molecule has 2 unspecified atom stereocenters. The lowest BCUT2D eigenvalue weighted by Crippen LogP contribution is -2.49. The lowest BCUT2D eigenvalue weighted by atomic mass is 9.83. The predicted molar refractivity (Wildman–Crippen MR) is 111 cm³/mol. The van der Waals surface area contributed by atoms with Crippen LogP contribution in [0.4, 0.5) is 9.59 Å². The van der Waals surface area contributed by atoms with Gasteiger partial charge in [-0.3, -0.25) is 0 Å². The Morgan fingerprint density at radius 1 is 1.10 bits per heavy atom. The van der Waals surface area contributed by atoms with E-state index >= 15 is 0 Å². The van der Waals surface area contributed by atoms with Crippen LogP contribution in [0.1, 0.15) is 24.8 Å². The molecule has 1 fully saturated rings. The van der Waals surface area contributed by atoms with Crippen molar-refractivity contribution in [1.82, 2.24) is 4.90 Å². The minimum absolute atomic E-state index is 0.0151. The summed E-state index contributed by atoms with van der Waals surface area (Å²) in [5.41, 5.74) is 8.56. The first-order chi connectivity index (χ1) is 14.1. The Morgan fingerprint density at radius 3 is 2.59 bits per heavy atom. The summed E-state index contributed by atoms with van der Waals surface area (Å²) in [6.45, 7) is 0.929. The zero-order valence-electron chi connectivity index (χ0n) is 16.8. The van der Waals surface area contributed by atoms with Crippen LogP contribution in [-0.4, -0.2) is 43.4 Å². The Bertz CT molecular complexity index is 825. The second-order valence-electron chi connectivity index (χ2n) is 7.36. The number of likely N-dealkylation sites (tertiary alicyclic amines) is 1. The minimum atomic E-state index is -0.766. The lowest BCUT2D eigenvalue weighted by molar-refractivity contribution is 0.0550. The molecule has 3 rings (SSSR count). The molecule has 2 atom stereocenters. The monoisotopic (exact) mass is 396 g/mol. The molecule has 0 spiro atoms. The van der Waals surface area contributed by atoms with E-state index in [0.29, 0.717) is 13.0 Å². The molecule has 1 aliphatic heterocycles. The van der Waals surface area contributed by atoms with Crippen LogP contribution < -0.4 is 5.73 Å². The van der Waals surface area contributed by atoms with Gasteiger partial charge in [0.2, 0.25) is 0 Å². The summed E-state index contributed by atoms with van der Waals surface area (Å²) in [5.74, 6) is 0.211. The summed E-state index contributed by atoms with van der Waals surface area (Å²) >= 11 is 0. The van der Waals surface area contributed by atoms with Crippen molar-refractivity contribution in [1.29, 1.82) is 0 Å². The Labute approximate surface area is 171 Å². The van der Waals surface area contributed by atoms with Gasteiger partial charge in [0.1, 0.15) is 0 Å². The molecule has 0 saturated carbocycles. The largest absolute Gasteiger partial charge is 0.453 e. The third kappa shape index (κ3) is 5.50. The third-order valence-corrected chi connectivity index (χ3v) is 5.54. The molecule has 1 aliphatic rings. The highest BCUT2D eigenvalue weighted by Gasteiger charge is 2.35. The van der Waals surface area contributed by atoms with Gasteiger partial charge in [-0.15, -0.1) is 0 Å². The number of piperidine rings is 1. The van der Waals surface area contributed by atoms with Crippen LogP contribution in [0.5, 0.6) is 0 Å². The average Bonchev–Trinajstić information content (AvgIpc) is 2.75. The molecule has 2 N–H and O–H groups in total. The topological polar surface area (TPSA) is 81.9 Å². The number of nitrogens with zero attached hydrogens (tertiary/aromatic N) is 1. The van der Waals surface area contributed by atoms with Crippen LogP contribution in [0.25, 0.3) is 11.1 Å². The van der Waals surface area contributed by atoms with Gasteiger partial charge in [-0.2, -0.15) is 0 Å². The van der Waals surface area contributed by atoms with Gasteiger partial charge in [-0.1, -0.05) is 54.6 Å². The number of carbonyl (C=O) groups is 2. The Morgan fingerprint density at radius 2 is 1.86 bits per heavy atom. The number of amides is 2. The van der Waals surface area contributed by atoms with E-state index in [2.05, 4.69) is 30.3 Å². The Kier molecular flexibility index (Phi) is 7.11. The molecule has 0 aromatic heterocycles. The van der Waals surface area contributed by atoms with Crippen LogP contribution in [0, 0.1) is 5.92 Å². The smallest absolute Gasteiger partial charge is 0.409 e. The number of nitrogens with two attached hydrogens (primary N) is 1. The van der Waals surface area contributed by atoms with E-state index in [-0.39, 0.29) is 24.7 Å². The Balaban J connectivity index is 1.80. The van der Waals surface area contributed by atoms with E-state index in [1.807, 2.05) is 29.2 Å². The van der Waals surface area contributed by atoms with Gasteiger partial charge in [-0.25, -0.2) is 9.59 Å². The molecule has 1 heterocycles. The van der Waals surface area contributed by atoms with Gasteiger partial charge < -0.3 is 20.1 Å². The van der Waals surface area contributed by atoms with Crippen molar-refractivity contribution in [3.63, 3.8) is 0 Å². The van der Waals surface area contributed by atoms with Crippen LogP contribution in [0.2, 0.25) is 0 Å². The zero-order chi connectivity index (χ0) is 20.6. The number of ether oxygens (including phenoxy) is 2. The molecule has 6 nitrogen and oxygen atoms in total. The fourth-order valence-electron chi connectivity index (χ4n) is 4.15. The highest BCUT2D eigenvalue weighted by atomic mass is 16.5. The molecule has 0 bridgehead atoms. The van der Waals surface area contributed by atoms with Gasteiger partial charge >= 0.3 is 12.2 Å². The van der Waals surface area contributed by atoms with Gasteiger partial charge in [0.05, 0.1) is 13.7 Å². The van der Waals surface area contributed by atoms with E-state index in [1.54, 1.807) is 0 Å². The van der Waals surface area contributed by atoms with Gasteiger partial charge in [0.25, 0.3) is 0 Å². The molecular formula is C23H28N2O4. The second-order valence-corrected chi connectivity index (χ2v) is 7.36. The lowest BCUT2D eigenvalue weighted by Gasteiger charge is -2.40. The number of rotatable bonds is 6. The summed E-state index contributed by atoms with van der Waals surface area (Å²) in [6.07, 6.45) is 2.18. The average molecular weight is 396 g/mol. The molecule has 154 valence electrons. The molecule has 2 aromatic rings. The van der Waals surface area contributed by atoms with Crippen molar-refractivity contribution >= 4 is 12.2 Å². The van der Waals surface area contributed by atoms with E-state index in [1.165, 1.54) is 7.11 Å². The SMILES string of the molecule is COC(=O)N1CCCC(CCOC(N)=O)C1Cc1cccc(-c2ccccc2)c1. The maximum absolute atomic E-state index is 12.4. The Hall–Kier alpha value is -3.02. The summed E-state index contributed by atoms with van der Waals surface area (Å²) in [5, 5.41) is 0. The van der Waals surface area contributed by atoms with Crippen molar-refractivity contribution in [2.45, 2.75) is 31.7 Å². The number of benzene rings is 2. The van der Waals surface area contributed by atoms with Crippen molar-refractivity contribution < 1.29 is 19.1 Å². The highest BCUT2D eigenvalue weighted by Crippen LogP contribution is 2.30. The van der Waals surface area contributed by atoms with Gasteiger partial charge in [0, 0.05) is 12.6 Å². The highest BCUT2D eigenvalue weighted by molar-refractivity contribution is 5.68. The first kappa shape index (κ1) is 20.7. The van der Waals surface area contributed by atoms with Crippen LogP contribution >= 0.6 is 0 Å². The van der Waals surface area contributed by atoms with Gasteiger partial charge in [0.15, 0.2) is 0 Å². The molecule has 2 aromatic carbocycles. The van der Waals surface area contributed by atoms with Crippen molar-refractivity contribution in [2.75, 3.05) is 20.3 Å². The quantitative estimate of drug-likeness (QED) is 0.792. The van der Waals surface area contributed by atoms with Crippen molar-refractivity contribution in [3.05, 3.63) is 60.2 Å². The standard InChI is InChI=1S/C23H28N2O4/c1-28-23(27)25-13-6-11-19(12-14-29-22(24)26)21(25)16-17-7-5-10-20(15-17)18-8-3-2-4-9-18/h2-5,7-10,15,19,21H,6,11-14,16H2,1H3,(H2,24,26). The fourth-order valence-corrected chi connectivity index (χ4v) is 4.15. The number of carbonyl (C=O) groups excluding carboxylic acids is 2. The van der Waals surface area contributed by atoms with Crippen LogP contribution in [-0.2, 0) is 15.9 Å². The number of primary amides is 1. The molecule has 2 amide bonds. The number of hydrogen-bond acceptors (Lipinski definition) is 4. The first-order valence-corrected chi connectivity index (χ1v) is 9.99. The number of methoxy groups -OCH3 is 1. The summed E-state index contributed by atoms with van der Waals surface area (Å²) in [4.78, 5) is 25.1. The zero-order valence-corrected chi connectivity index (χ0v) is 16.8. The third-order valence-electron chi connectivity index (χ3n) is 5.54. The first-order valence-electron chi connectivity index (χ1n) is 9.99. The van der Waals surface area contributed by atoms with Crippen molar-refractivity contribution in [2.24, 2.45) is 11.7 Å². The van der Waals surface area contributed by atoms with E-state index in [4.69, 9.17) is 15.2 Å². The molecule has 29 heavy (non-hydrogen) atoms. The fraction of sp³-hybridized carbons (Fsp3) is 0.391. The molecule has 1 saturated heterocycles. The van der Waals surface area contributed by atoms with E-state index < -0.39 is 6.09 Å².